The van der Waals surface area contributed by atoms with Crippen LogP contribution in [-0.2, 0) is 0 Å². The van der Waals surface area contributed by atoms with Gasteiger partial charge >= 0.3 is 5.97 Å². The Kier molecular flexibility index (Phi) is 3.09. The molecule has 0 radical (unpaired) electrons. The number of rotatable bonds is 2. The van der Waals surface area contributed by atoms with Gasteiger partial charge in [-0.05, 0) is 12.1 Å². The molecule has 2 rings (SSSR count). The molecule has 0 bridgehead atoms. The van der Waals surface area contributed by atoms with Crippen LogP contribution in [0, 0.1) is 0 Å². The summed E-state index contributed by atoms with van der Waals surface area (Å²) in [6.07, 6.45) is 0. The molecule has 1 aromatic carbocycles. The van der Waals surface area contributed by atoms with E-state index >= 15 is 0 Å². The van der Waals surface area contributed by atoms with Crippen molar-refractivity contribution >= 4 is 40.1 Å². The topological polar surface area (TPSA) is 59.4 Å². The molecule has 1 N–H and O–H groups in total. The number of halogens is 2. The number of hydrogen-bond acceptors (Lipinski definition) is 3. The van der Waals surface area contributed by atoms with Crippen molar-refractivity contribution in [2.75, 3.05) is 7.11 Å². The number of benzene rings is 1. The van der Waals surface area contributed by atoms with E-state index in [1.165, 1.54) is 13.2 Å². The van der Waals surface area contributed by atoms with E-state index in [2.05, 4.69) is 4.98 Å². The number of nitrogens with zero attached hydrogens (tertiary/aromatic N) is 1. The van der Waals surface area contributed by atoms with Gasteiger partial charge in [0.05, 0.1) is 23.2 Å². The number of hydrogen-bond donors (Lipinski definition) is 1. The third-order valence-corrected chi connectivity index (χ3v) is 2.86. The lowest BCUT2D eigenvalue weighted by molar-refractivity contribution is 0.0697. The number of aromatic nitrogens is 1. The fraction of sp³-hybridized carbons (Fsp3) is 0.0909. The fourth-order valence-corrected chi connectivity index (χ4v) is 1.93. The third kappa shape index (κ3) is 2.14. The first-order chi connectivity index (χ1) is 8.02. The largest absolute Gasteiger partial charge is 0.495 e. The predicted molar refractivity (Wildman–Crippen MR) is 65.3 cm³/mol. The highest BCUT2D eigenvalue weighted by Gasteiger charge is 2.13. The molecule has 1 heterocycles. The van der Waals surface area contributed by atoms with Gasteiger partial charge in [0.1, 0.15) is 10.9 Å². The van der Waals surface area contributed by atoms with Crippen LogP contribution in [0.1, 0.15) is 10.4 Å². The lowest BCUT2D eigenvalue weighted by atomic mass is 10.1. The van der Waals surface area contributed by atoms with Crippen molar-refractivity contribution in [2.24, 2.45) is 0 Å². The van der Waals surface area contributed by atoms with Crippen molar-refractivity contribution in [3.05, 3.63) is 33.9 Å². The summed E-state index contributed by atoms with van der Waals surface area (Å²) < 4.78 is 5.04. The van der Waals surface area contributed by atoms with Gasteiger partial charge in [-0.25, -0.2) is 9.78 Å². The third-order valence-electron chi connectivity index (χ3n) is 2.27. The Hall–Kier alpha value is -1.52. The molecule has 17 heavy (non-hydrogen) atoms. The van der Waals surface area contributed by atoms with E-state index in [-0.39, 0.29) is 10.7 Å². The number of ether oxygens (including phenoxy) is 1. The van der Waals surface area contributed by atoms with Crippen molar-refractivity contribution < 1.29 is 14.6 Å². The molecule has 6 heteroatoms. The number of aromatic carboxylic acids is 1. The lowest BCUT2D eigenvalue weighted by Gasteiger charge is -2.06. The Morgan fingerprint density at radius 3 is 2.65 bits per heavy atom. The van der Waals surface area contributed by atoms with Crippen molar-refractivity contribution in [1.82, 2.24) is 4.98 Å². The summed E-state index contributed by atoms with van der Waals surface area (Å²) in [5.41, 5.74) is 0.474. The summed E-state index contributed by atoms with van der Waals surface area (Å²) in [5.74, 6) is -0.665. The molecule has 88 valence electrons. The summed E-state index contributed by atoms with van der Waals surface area (Å²) in [4.78, 5) is 14.9. The molecule has 0 unspecified atom stereocenters. The van der Waals surface area contributed by atoms with Gasteiger partial charge in [0.15, 0.2) is 0 Å². The maximum atomic E-state index is 10.9. The van der Waals surface area contributed by atoms with Gasteiger partial charge in [0, 0.05) is 11.5 Å². The van der Waals surface area contributed by atoms with Crippen LogP contribution < -0.4 is 4.74 Å². The van der Waals surface area contributed by atoms with E-state index < -0.39 is 5.97 Å². The maximum Gasteiger partial charge on any atom is 0.338 e. The summed E-state index contributed by atoms with van der Waals surface area (Å²) in [5, 5.41) is 9.84. The van der Waals surface area contributed by atoms with Gasteiger partial charge in [-0.15, -0.1) is 0 Å². The van der Waals surface area contributed by atoms with Crippen molar-refractivity contribution in [2.45, 2.75) is 0 Å². The molecule has 0 spiro atoms. The molecule has 0 aliphatic carbocycles. The SMILES string of the molecule is COc1cc2nc(Cl)c(C(=O)O)cc2cc1Cl. The van der Waals surface area contributed by atoms with Gasteiger partial charge in [0.25, 0.3) is 0 Å². The summed E-state index contributed by atoms with van der Waals surface area (Å²) in [6.45, 7) is 0. The smallest absolute Gasteiger partial charge is 0.338 e. The van der Waals surface area contributed by atoms with Crippen LogP contribution >= 0.6 is 23.2 Å². The molecular formula is C11H7Cl2NO3. The van der Waals surface area contributed by atoms with Gasteiger partial charge < -0.3 is 9.84 Å². The number of carboxylic acid groups (broad SMARTS) is 1. The number of methoxy groups -OCH3 is 1. The zero-order valence-electron chi connectivity index (χ0n) is 8.70. The average Bonchev–Trinajstić information content (AvgIpc) is 2.27. The average molecular weight is 272 g/mol. The highest BCUT2D eigenvalue weighted by atomic mass is 35.5. The zero-order chi connectivity index (χ0) is 12.6. The summed E-state index contributed by atoms with van der Waals surface area (Å²) in [6, 6.07) is 4.62. The van der Waals surface area contributed by atoms with Crippen LogP contribution in [0.3, 0.4) is 0 Å². The second-order valence-electron chi connectivity index (χ2n) is 3.31. The van der Waals surface area contributed by atoms with Gasteiger partial charge in [-0.1, -0.05) is 23.2 Å². The molecule has 0 aliphatic rings. The second kappa shape index (κ2) is 4.39. The highest BCUT2D eigenvalue weighted by molar-refractivity contribution is 6.34. The Labute approximate surface area is 107 Å². The molecule has 0 saturated carbocycles. The Morgan fingerprint density at radius 1 is 1.35 bits per heavy atom. The number of fused-ring (bicyclic) bond motifs is 1. The lowest BCUT2D eigenvalue weighted by Crippen LogP contribution is -1.99. The van der Waals surface area contributed by atoms with E-state index in [1.54, 1.807) is 12.1 Å². The fourth-order valence-electron chi connectivity index (χ4n) is 1.46. The quantitative estimate of drug-likeness (QED) is 0.852. The molecule has 4 nitrogen and oxygen atoms in total. The molecule has 0 saturated heterocycles. The van der Waals surface area contributed by atoms with E-state index in [9.17, 15) is 4.79 Å². The highest BCUT2D eigenvalue weighted by Crippen LogP contribution is 2.30. The first-order valence-corrected chi connectivity index (χ1v) is 5.35. The maximum absolute atomic E-state index is 10.9. The number of pyridine rings is 1. The van der Waals surface area contributed by atoms with E-state index in [0.717, 1.165) is 0 Å². The first-order valence-electron chi connectivity index (χ1n) is 4.60. The second-order valence-corrected chi connectivity index (χ2v) is 4.08. The van der Waals surface area contributed by atoms with Crippen molar-refractivity contribution in [3.63, 3.8) is 0 Å². The summed E-state index contributed by atoms with van der Waals surface area (Å²) in [7, 11) is 1.49. The minimum absolute atomic E-state index is 0.0552. The number of carbonyl (C=O) groups is 1. The molecular weight excluding hydrogens is 265 g/mol. The Bertz CT molecular complexity index is 613. The molecule has 0 atom stereocenters. The van der Waals surface area contributed by atoms with E-state index in [0.29, 0.717) is 21.7 Å². The monoisotopic (exact) mass is 271 g/mol. The van der Waals surface area contributed by atoms with Crippen LogP contribution in [0.15, 0.2) is 18.2 Å². The van der Waals surface area contributed by atoms with Crippen LogP contribution in [0.2, 0.25) is 10.2 Å². The van der Waals surface area contributed by atoms with E-state index in [1.807, 2.05) is 0 Å². The Morgan fingerprint density at radius 2 is 2.06 bits per heavy atom. The van der Waals surface area contributed by atoms with Gasteiger partial charge in [-0.3, -0.25) is 0 Å². The van der Waals surface area contributed by atoms with Gasteiger partial charge in [-0.2, -0.15) is 0 Å². The summed E-state index contributed by atoms with van der Waals surface area (Å²) >= 11 is 11.7. The van der Waals surface area contributed by atoms with Crippen molar-refractivity contribution in [3.8, 4) is 5.75 Å². The standard InChI is InChI=1S/C11H7Cl2NO3/c1-17-9-4-8-5(3-7(9)12)2-6(11(15)16)10(13)14-8/h2-4H,1H3,(H,15,16). The molecule has 0 fully saturated rings. The molecule has 0 aliphatic heterocycles. The minimum Gasteiger partial charge on any atom is -0.495 e. The minimum atomic E-state index is -1.13. The van der Waals surface area contributed by atoms with Crippen molar-refractivity contribution in [1.29, 1.82) is 0 Å². The molecule has 2 aromatic rings. The normalized spacial score (nSPS) is 10.5. The van der Waals surface area contributed by atoms with Gasteiger partial charge in [0.2, 0.25) is 0 Å². The first kappa shape index (κ1) is 12.0. The molecule has 1 aromatic heterocycles. The van der Waals surface area contributed by atoms with Crippen LogP contribution in [0.5, 0.6) is 5.75 Å². The predicted octanol–water partition coefficient (Wildman–Crippen LogP) is 3.25. The van der Waals surface area contributed by atoms with E-state index in [4.69, 9.17) is 33.0 Å². The van der Waals surface area contributed by atoms with Crippen LogP contribution in [0.25, 0.3) is 10.9 Å². The molecule has 0 amide bonds. The van der Waals surface area contributed by atoms with Crippen LogP contribution in [-0.4, -0.2) is 23.2 Å². The Balaban J connectivity index is 2.75. The number of carboxylic acids is 1. The van der Waals surface area contributed by atoms with Crippen LogP contribution in [0.4, 0.5) is 0 Å². The zero-order valence-corrected chi connectivity index (χ0v) is 10.2.